The number of ether oxygens (including phenoxy) is 2. The SMILES string of the molecule is C=CCCCOc1cc(F)cc(C)c1-c1cc(C)c(F)c([C@H](CC(=O)OCC)NC(=O)[C@H](CC=C)n2cc(CCN3CC(F)C3)cc(F)c2=O)c1. The molecule has 1 aliphatic heterocycles. The molecule has 0 aliphatic carbocycles. The highest BCUT2D eigenvalue weighted by Gasteiger charge is 2.30. The molecule has 0 bridgehead atoms. The number of alkyl halides is 1. The minimum Gasteiger partial charge on any atom is -0.493 e. The lowest BCUT2D eigenvalue weighted by molar-refractivity contribution is -0.144. The molecule has 1 aromatic heterocycles. The summed E-state index contributed by atoms with van der Waals surface area (Å²) in [6.45, 7) is 13.5. The van der Waals surface area contributed by atoms with Gasteiger partial charge in [0.1, 0.15) is 29.6 Å². The van der Waals surface area contributed by atoms with Gasteiger partial charge in [-0.1, -0.05) is 12.2 Å². The zero-order valence-electron chi connectivity index (χ0n) is 29.3. The van der Waals surface area contributed by atoms with E-state index in [1.54, 1.807) is 26.0 Å². The fraction of sp³-hybridized carbons (Fsp3) is 0.410. The van der Waals surface area contributed by atoms with E-state index in [0.717, 1.165) is 10.6 Å². The fourth-order valence-corrected chi connectivity index (χ4v) is 6.17. The van der Waals surface area contributed by atoms with E-state index < -0.39 is 59.6 Å². The van der Waals surface area contributed by atoms with Gasteiger partial charge < -0.3 is 14.8 Å². The molecule has 1 saturated heterocycles. The zero-order valence-corrected chi connectivity index (χ0v) is 29.3. The predicted molar refractivity (Wildman–Crippen MR) is 188 cm³/mol. The second-order valence-corrected chi connectivity index (χ2v) is 12.7. The van der Waals surface area contributed by atoms with Crippen molar-refractivity contribution in [3.63, 3.8) is 0 Å². The maximum absolute atomic E-state index is 16.1. The molecule has 2 atom stereocenters. The van der Waals surface area contributed by atoms with E-state index in [0.29, 0.717) is 48.1 Å². The third-order valence-electron chi connectivity index (χ3n) is 8.73. The van der Waals surface area contributed by atoms with Gasteiger partial charge in [-0.05, 0) is 93.0 Å². The number of carbonyl (C=O) groups is 2. The Morgan fingerprint density at radius 1 is 1.06 bits per heavy atom. The van der Waals surface area contributed by atoms with Crippen LogP contribution in [0.5, 0.6) is 5.75 Å². The molecule has 51 heavy (non-hydrogen) atoms. The van der Waals surface area contributed by atoms with Crippen LogP contribution in [0, 0.1) is 31.3 Å². The van der Waals surface area contributed by atoms with Gasteiger partial charge in [0.25, 0.3) is 5.56 Å². The Morgan fingerprint density at radius 2 is 1.80 bits per heavy atom. The smallest absolute Gasteiger partial charge is 0.308 e. The normalized spacial score (nSPS) is 14.3. The Balaban J connectivity index is 1.74. The molecule has 4 rings (SSSR count). The van der Waals surface area contributed by atoms with Crippen molar-refractivity contribution < 1.29 is 36.6 Å². The summed E-state index contributed by atoms with van der Waals surface area (Å²) < 4.78 is 71.0. The number of pyridine rings is 1. The lowest BCUT2D eigenvalue weighted by atomic mass is 9.92. The highest BCUT2D eigenvalue weighted by atomic mass is 19.1. The molecule has 2 heterocycles. The molecular weight excluding hydrogens is 666 g/mol. The number of halogens is 4. The number of aryl methyl sites for hydroxylation is 2. The summed E-state index contributed by atoms with van der Waals surface area (Å²) >= 11 is 0. The number of carbonyl (C=O) groups excluding carboxylic acids is 2. The minimum atomic E-state index is -1.31. The molecule has 0 radical (unpaired) electrons. The first-order valence-corrected chi connectivity index (χ1v) is 17.0. The van der Waals surface area contributed by atoms with Crippen LogP contribution in [0.1, 0.15) is 66.9 Å². The monoisotopic (exact) mass is 711 g/mol. The summed E-state index contributed by atoms with van der Waals surface area (Å²) in [5.74, 6) is -3.56. The van der Waals surface area contributed by atoms with Crippen molar-refractivity contribution in [2.45, 2.75) is 71.1 Å². The summed E-state index contributed by atoms with van der Waals surface area (Å²) in [5.41, 5.74) is 0.975. The van der Waals surface area contributed by atoms with Crippen LogP contribution in [0.3, 0.4) is 0 Å². The number of amides is 1. The van der Waals surface area contributed by atoms with Crippen molar-refractivity contribution >= 4 is 11.9 Å². The zero-order chi connectivity index (χ0) is 37.2. The second-order valence-electron chi connectivity index (χ2n) is 12.7. The number of nitrogens with one attached hydrogen (secondary N) is 1. The third kappa shape index (κ3) is 9.96. The van der Waals surface area contributed by atoms with Gasteiger partial charge in [-0.15, -0.1) is 13.2 Å². The van der Waals surface area contributed by atoms with Crippen LogP contribution >= 0.6 is 0 Å². The first kappa shape index (κ1) is 39.1. The van der Waals surface area contributed by atoms with Gasteiger partial charge in [0.05, 0.1) is 25.7 Å². The average Bonchev–Trinajstić information content (AvgIpc) is 3.06. The summed E-state index contributed by atoms with van der Waals surface area (Å²) in [6, 6.07) is 4.11. The fourth-order valence-electron chi connectivity index (χ4n) is 6.17. The lowest BCUT2D eigenvalue weighted by Gasteiger charge is -2.34. The number of nitrogens with zero attached hydrogens (tertiary/aromatic N) is 2. The minimum absolute atomic E-state index is 0.0341. The van der Waals surface area contributed by atoms with Crippen LogP contribution in [0.15, 0.2) is 66.6 Å². The Kier molecular flexibility index (Phi) is 13.8. The first-order chi connectivity index (χ1) is 24.4. The molecule has 1 amide bonds. The molecule has 12 heteroatoms. The van der Waals surface area contributed by atoms with Crippen molar-refractivity contribution in [2.75, 3.05) is 32.8 Å². The summed E-state index contributed by atoms with van der Waals surface area (Å²) in [6.07, 6.45) is 4.67. The van der Waals surface area contributed by atoms with Gasteiger partial charge >= 0.3 is 5.97 Å². The number of likely N-dealkylation sites (tertiary alicyclic amines) is 1. The summed E-state index contributed by atoms with van der Waals surface area (Å²) in [7, 11) is 0. The largest absolute Gasteiger partial charge is 0.493 e. The molecule has 1 fully saturated rings. The maximum Gasteiger partial charge on any atom is 0.308 e. The summed E-state index contributed by atoms with van der Waals surface area (Å²) in [4.78, 5) is 41.8. The predicted octanol–water partition coefficient (Wildman–Crippen LogP) is 7.02. The van der Waals surface area contributed by atoms with E-state index in [9.17, 15) is 27.6 Å². The van der Waals surface area contributed by atoms with Crippen LogP contribution in [-0.4, -0.2) is 60.4 Å². The van der Waals surface area contributed by atoms with Crippen molar-refractivity contribution in [2.24, 2.45) is 0 Å². The standard InChI is InChI=1S/C39H45F4N3O5/c1-6-9-10-14-51-34-19-28(40)16-24(4)36(34)27-15-25(5)37(43)30(18-27)32(20-35(47)50-8-3)44-38(48)33(11-7-2)46-21-26(17-31(42)39(46)49)12-13-45-22-29(41)23-45/h6-7,15-19,21,29,32-33H,1-2,8-14,20,22-23H2,3-5H3,(H,44,48)/t32-,33-/m0/s1. The van der Waals surface area contributed by atoms with Gasteiger partial charge in [0.2, 0.25) is 5.91 Å². The number of esters is 1. The Morgan fingerprint density at radius 3 is 2.47 bits per heavy atom. The van der Waals surface area contributed by atoms with E-state index in [-0.39, 0.29) is 49.6 Å². The lowest BCUT2D eigenvalue weighted by Crippen LogP contribution is -2.49. The number of hydrogen-bond acceptors (Lipinski definition) is 6. The number of benzene rings is 2. The molecule has 2 aromatic carbocycles. The maximum atomic E-state index is 16.1. The molecule has 0 saturated carbocycles. The van der Waals surface area contributed by atoms with Gasteiger partial charge in [0, 0.05) is 43.0 Å². The molecule has 0 unspecified atom stereocenters. The Labute approximate surface area is 295 Å². The van der Waals surface area contributed by atoms with Crippen molar-refractivity contribution in [3.8, 4) is 16.9 Å². The van der Waals surface area contributed by atoms with Crippen LogP contribution in [0.4, 0.5) is 17.6 Å². The summed E-state index contributed by atoms with van der Waals surface area (Å²) in [5, 5.41) is 2.72. The van der Waals surface area contributed by atoms with Crippen molar-refractivity contribution in [1.82, 2.24) is 14.8 Å². The van der Waals surface area contributed by atoms with E-state index in [2.05, 4.69) is 18.5 Å². The Hall–Kier alpha value is -4.71. The molecule has 8 nitrogen and oxygen atoms in total. The van der Waals surface area contributed by atoms with Crippen molar-refractivity contribution in [3.05, 3.63) is 112 Å². The van der Waals surface area contributed by atoms with E-state index in [1.165, 1.54) is 37.4 Å². The van der Waals surface area contributed by atoms with Crippen LogP contribution < -0.4 is 15.6 Å². The topological polar surface area (TPSA) is 89.9 Å². The molecule has 274 valence electrons. The number of unbranched alkanes of at least 4 members (excludes halogenated alkanes) is 1. The molecule has 1 aliphatic rings. The number of allylic oxidation sites excluding steroid dienone is 2. The quantitative estimate of drug-likeness (QED) is 0.0661. The average molecular weight is 712 g/mol. The third-order valence-corrected chi connectivity index (χ3v) is 8.73. The Bertz CT molecular complexity index is 1800. The van der Waals surface area contributed by atoms with E-state index in [4.69, 9.17) is 9.47 Å². The molecule has 1 N–H and O–H groups in total. The van der Waals surface area contributed by atoms with E-state index in [1.807, 2.05) is 4.90 Å². The van der Waals surface area contributed by atoms with Gasteiger partial charge in [-0.2, -0.15) is 0 Å². The van der Waals surface area contributed by atoms with Gasteiger partial charge in [0.15, 0.2) is 5.82 Å². The number of rotatable bonds is 18. The highest BCUT2D eigenvalue weighted by Crippen LogP contribution is 2.38. The first-order valence-electron chi connectivity index (χ1n) is 17.0. The van der Waals surface area contributed by atoms with Gasteiger partial charge in [-0.25, -0.2) is 17.6 Å². The van der Waals surface area contributed by atoms with Crippen LogP contribution in [-0.2, 0) is 20.7 Å². The number of hydrogen-bond donors (Lipinski definition) is 1. The highest BCUT2D eigenvalue weighted by molar-refractivity contribution is 5.82. The molecule has 0 spiro atoms. The second kappa shape index (κ2) is 18.0. The van der Waals surface area contributed by atoms with Crippen LogP contribution in [0.2, 0.25) is 0 Å². The van der Waals surface area contributed by atoms with E-state index >= 15 is 4.39 Å². The molecular formula is C39H45F4N3O5. The number of aromatic nitrogens is 1. The van der Waals surface area contributed by atoms with Crippen molar-refractivity contribution in [1.29, 1.82) is 0 Å². The van der Waals surface area contributed by atoms with Gasteiger partial charge in [-0.3, -0.25) is 23.9 Å². The molecule has 3 aromatic rings. The van der Waals surface area contributed by atoms with Crippen LogP contribution in [0.25, 0.3) is 11.1 Å².